The molecule has 0 saturated heterocycles. The Hall–Kier alpha value is -1.79. The monoisotopic (exact) mass is 343 g/mol. The van der Waals surface area contributed by atoms with Crippen LogP contribution in [-0.2, 0) is 23.8 Å². The quantitative estimate of drug-likeness (QED) is 0.609. The van der Waals surface area contributed by atoms with Crippen LogP contribution >= 0.6 is 0 Å². The first-order valence-corrected chi connectivity index (χ1v) is 8.31. The van der Waals surface area contributed by atoms with Crippen molar-refractivity contribution in [2.75, 3.05) is 14.2 Å². The lowest BCUT2D eigenvalue weighted by Gasteiger charge is -2.30. The molecule has 1 amide bonds. The predicted molar refractivity (Wildman–Crippen MR) is 87.3 cm³/mol. The highest BCUT2D eigenvalue weighted by Crippen LogP contribution is 2.32. The molecule has 0 aromatic rings. The van der Waals surface area contributed by atoms with E-state index >= 15 is 0 Å². The molecule has 3 unspecified atom stereocenters. The largest absolute Gasteiger partial charge is 0.469 e. The molecular weight excluding hydrogens is 314 g/mol. The number of nitrogens with one attached hydrogen (secondary N) is 1. The molecule has 0 bridgehead atoms. The third-order valence-corrected chi connectivity index (χ3v) is 4.06. The number of hydrogen-bond donors (Lipinski definition) is 1. The van der Waals surface area contributed by atoms with E-state index in [1.54, 1.807) is 20.8 Å². The molecule has 1 N–H and O–H groups in total. The summed E-state index contributed by atoms with van der Waals surface area (Å²) in [5, 5.41) is 2.58. The number of carbonyl (C=O) groups excluding carboxylic acids is 3. The fourth-order valence-corrected chi connectivity index (χ4v) is 3.03. The SMILES string of the molecule is COC(=O)C1CCCC(CC(NC(=O)OC(C)(C)C)C(=O)OC)C1. The normalized spacial score (nSPS) is 22.2. The molecule has 7 nitrogen and oxygen atoms in total. The van der Waals surface area contributed by atoms with Gasteiger partial charge in [-0.3, -0.25) is 4.79 Å². The highest BCUT2D eigenvalue weighted by molar-refractivity contribution is 5.81. The van der Waals surface area contributed by atoms with Crippen molar-refractivity contribution in [3.8, 4) is 0 Å². The molecular formula is C17H29NO6. The number of esters is 2. The molecule has 1 aliphatic rings. The lowest BCUT2D eigenvalue weighted by molar-refractivity contribution is -0.147. The van der Waals surface area contributed by atoms with Crippen molar-refractivity contribution in [3.05, 3.63) is 0 Å². The molecule has 24 heavy (non-hydrogen) atoms. The minimum Gasteiger partial charge on any atom is -0.469 e. The number of amides is 1. The lowest BCUT2D eigenvalue weighted by Crippen LogP contribution is -2.45. The number of carbonyl (C=O) groups is 3. The van der Waals surface area contributed by atoms with Crippen LogP contribution in [0, 0.1) is 11.8 Å². The lowest BCUT2D eigenvalue weighted by atomic mass is 9.78. The second-order valence-electron chi connectivity index (χ2n) is 7.21. The molecule has 0 aromatic carbocycles. The topological polar surface area (TPSA) is 90.9 Å². The van der Waals surface area contributed by atoms with Gasteiger partial charge in [-0.25, -0.2) is 9.59 Å². The zero-order valence-corrected chi connectivity index (χ0v) is 15.2. The summed E-state index contributed by atoms with van der Waals surface area (Å²) in [6.07, 6.45) is 3.00. The molecule has 138 valence electrons. The Morgan fingerprint density at radius 2 is 1.79 bits per heavy atom. The zero-order valence-electron chi connectivity index (χ0n) is 15.2. The Bertz CT molecular complexity index is 456. The second kappa shape index (κ2) is 8.89. The third-order valence-electron chi connectivity index (χ3n) is 4.06. The maximum Gasteiger partial charge on any atom is 0.408 e. The molecule has 0 aromatic heterocycles. The van der Waals surface area contributed by atoms with Crippen molar-refractivity contribution in [1.82, 2.24) is 5.32 Å². The Morgan fingerprint density at radius 3 is 2.33 bits per heavy atom. The van der Waals surface area contributed by atoms with Crippen LogP contribution in [0.4, 0.5) is 4.79 Å². The van der Waals surface area contributed by atoms with Crippen LogP contribution in [0.3, 0.4) is 0 Å². The standard InChI is InChI=1S/C17H29NO6/c1-17(2,3)24-16(21)18-13(15(20)23-5)10-11-7-6-8-12(9-11)14(19)22-4/h11-13H,6-10H2,1-5H3,(H,18,21). The molecule has 1 rings (SSSR count). The van der Waals surface area contributed by atoms with Crippen molar-refractivity contribution in [1.29, 1.82) is 0 Å². The van der Waals surface area contributed by atoms with Crippen LogP contribution in [-0.4, -0.2) is 43.9 Å². The number of alkyl carbamates (subject to hydrolysis) is 1. The Labute approximate surface area is 143 Å². The van der Waals surface area contributed by atoms with Gasteiger partial charge in [0.25, 0.3) is 0 Å². The third kappa shape index (κ3) is 6.76. The molecule has 0 spiro atoms. The molecule has 1 fully saturated rings. The maximum atomic E-state index is 12.0. The van der Waals surface area contributed by atoms with Crippen LogP contribution in [0.2, 0.25) is 0 Å². The molecule has 1 aliphatic carbocycles. The van der Waals surface area contributed by atoms with Gasteiger partial charge in [0.2, 0.25) is 0 Å². The van der Waals surface area contributed by atoms with Crippen molar-refractivity contribution < 1.29 is 28.6 Å². The van der Waals surface area contributed by atoms with Gasteiger partial charge >= 0.3 is 18.0 Å². The van der Waals surface area contributed by atoms with Crippen molar-refractivity contribution in [2.24, 2.45) is 11.8 Å². The van der Waals surface area contributed by atoms with E-state index in [-0.39, 0.29) is 17.8 Å². The first kappa shape index (κ1) is 20.3. The Morgan fingerprint density at radius 1 is 1.12 bits per heavy atom. The fourth-order valence-electron chi connectivity index (χ4n) is 3.03. The summed E-state index contributed by atoms with van der Waals surface area (Å²) in [7, 11) is 2.66. The van der Waals surface area contributed by atoms with Gasteiger partial charge in [0, 0.05) is 0 Å². The minimum atomic E-state index is -0.786. The van der Waals surface area contributed by atoms with E-state index in [9.17, 15) is 14.4 Å². The molecule has 1 saturated carbocycles. The van der Waals surface area contributed by atoms with E-state index in [1.165, 1.54) is 14.2 Å². The number of rotatable bonds is 5. The number of hydrogen-bond acceptors (Lipinski definition) is 6. The predicted octanol–water partition coefficient (Wildman–Crippen LogP) is 2.42. The van der Waals surface area contributed by atoms with E-state index in [1.807, 2.05) is 0 Å². The molecule has 7 heteroatoms. The van der Waals surface area contributed by atoms with Gasteiger partial charge in [-0.1, -0.05) is 12.8 Å². The first-order valence-electron chi connectivity index (χ1n) is 8.31. The highest BCUT2D eigenvalue weighted by atomic mass is 16.6. The second-order valence-corrected chi connectivity index (χ2v) is 7.21. The maximum absolute atomic E-state index is 12.0. The minimum absolute atomic E-state index is 0.141. The van der Waals surface area contributed by atoms with Gasteiger partial charge in [-0.2, -0.15) is 0 Å². The molecule has 0 radical (unpaired) electrons. The zero-order chi connectivity index (χ0) is 18.3. The number of methoxy groups -OCH3 is 2. The van der Waals surface area contributed by atoms with Gasteiger partial charge < -0.3 is 19.5 Å². The van der Waals surface area contributed by atoms with Crippen molar-refractivity contribution in [2.45, 2.75) is 64.5 Å². The summed E-state index contributed by atoms with van der Waals surface area (Å²) in [5.41, 5.74) is -0.647. The number of ether oxygens (including phenoxy) is 3. The summed E-state index contributed by atoms with van der Waals surface area (Å²) in [6, 6.07) is -0.786. The summed E-state index contributed by atoms with van der Waals surface area (Å²) < 4.78 is 14.8. The smallest absolute Gasteiger partial charge is 0.408 e. The van der Waals surface area contributed by atoms with Crippen LogP contribution in [0.25, 0.3) is 0 Å². The van der Waals surface area contributed by atoms with Gasteiger partial charge in [0.15, 0.2) is 0 Å². The summed E-state index contributed by atoms with van der Waals surface area (Å²) in [4.78, 5) is 35.6. The van der Waals surface area contributed by atoms with E-state index in [0.29, 0.717) is 12.8 Å². The van der Waals surface area contributed by atoms with Crippen LogP contribution < -0.4 is 5.32 Å². The van der Waals surface area contributed by atoms with Crippen LogP contribution in [0.5, 0.6) is 0 Å². The Kier molecular flexibility index (Phi) is 7.51. The van der Waals surface area contributed by atoms with E-state index in [2.05, 4.69) is 5.32 Å². The fraction of sp³-hybridized carbons (Fsp3) is 0.824. The summed E-state index contributed by atoms with van der Waals surface area (Å²) >= 11 is 0. The van der Waals surface area contributed by atoms with E-state index in [4.69, 9.17) is 14.2 Å². The van der Waals surface area contributed by atoms with Gasteiger partial charge in [-0.15, -0.1) is 0 Å². The van der Waals surface area contributed by atoms with Crippen LogP contribution in [0.1, 0.15) is 52.9 Å². The summed E-state index contributed by atoms with van der Waals surface area (Å²) in [5.74, 6) is -0.731. The van der Waals surface area contributed by atoms with E-state index < -0.39 is 23.7 Å². The molecule has 3 atom stereocenters. The van der Waals surface area contributed by atoms with Gasteiger partial charge in [-0.05, 0) is 46.0 Å². The van der Waals surface area contributed by atoms with Crippen molar-refractivity contribution in [3.63, 3.8) is 0 Å². The first-order chi connectivity index (χ1) is 11.2. The van der Waals surface area contributed by atoms with Crippen LogP contribution in [0.15, 0.2) is 0 Å². The van der Waals surface area contributed by atoms with Gasteiger partial charge in [0.1, 0.15) is 11.6 Å². The highest BCUT2D eigenvalue weighted by Gasteiger charge is 2.33. The van der Waals surface area contributed by atoms with Crippen molar-refractivity contribution >= 4 is 18.0 Å². The summed E-state index contributed by atoms with van der Waals surface area (Å²) in [6.45, 7) is 5.26. The molecule has 0 aliphatic heterocycles. The van der Waals surface area contributed by atoms with Gasteiger partial charge in [0.05, 0.1) is 20.1 Å². The average molecular weight is 343 g/mol. The Balaban J connectivity index is 2.67. The average Bonchev–Trinajstić information content (AvgIpc) is 2.51. The van der Waals surface area contributed by atoms with E-state index in [0.717, 1.165) is 19.3 Å². The molecule has 0 heterocycles.